The first-order valence-electron chi connectivity index (χ1n) is 5.64. The van der Waals surface area contributed by atoms with Gasteiger partial charge >= 0.3 is 0 Å². The van der Waals surface area contributed by atoms with E-state index in [1.807, 2.05) is 25.1 Å². The van der Waals surface area contributed by atoms with E-state index in [0.717, 1.165) is 31.6 Å². The molecule has 2 nitrogen and oxygen atoms in total. The fourth-order valence-electron chi connectivity index (χ4n) is 1.47. The van der Waals surface area contributed by atoms with Crippen LogP contribution in [0.2, 0.25) is 0 Å². The predicted molar refractivity (Wildman–Crippen MR) is 64.2 cm³/mol. The van der Waals surface area contributed by atoms with Crippen LogP contribution in [0, 0.1) is 6.92 Å². The molecule has 0 saturated heterocycles. The molecule has 0 bridgehead atoms. The van der Waals surface area contributed by atoms with Crippen LogP contribution >= 0.6 is 0 Å². The lowest BCUT2D eigenvalue weighted by molar-refractivity contribution is 0.302. The van der Waals surface area contributed by atoms with E-state index in [1.54, 1.807) is 0 Å². The molecule has 1 atom stereocenters. The second-order valence-corrected chi connectivity index (χ2v) is 4.09. The molecule has 0 heterocycles. The van der Waals surface area contributed by atoms with E-state index in [0.29, 0.717) is 6.04 Å². The van der Waals surface area contributed by atoms with Gasteiger partial charge in [-0.3, -0.25) is 0 Å². The molecule has 1 aromatic carbocycles. The van der Waals surface area contributed by atoms with Crippen LogP contribution in [-0.2, 0) is 0 Å². The topological polar surface area (TPSA) is 35.2 Å². The molecule has 0 spiro atoms. The Morgan fingerprint density at radius 2 is 2.00 bits per heavy atom. The van der Waals surface area contributed by atoms with E-state index in [2.05, 4.69) is 13.0 Å². The van der Waals surface area contributed by atoms with Crippen LogP contribution in [0.15, 0.2) is 24.3 Å². The SMILES string of the molecule is Cc1ccccc1OCCCCC(C)N. The smallest absolute Gasteiger partial charge is 0.122 e. The molecule has 1 aromatic rings. The highest BCUT2D eigenvalue weighted by molar-refractivity contribution is 5.31. The Morgan fingerprint density at radius 1 is 1.27 bits per heavy atom. The van der Waals surface area contributed by atoms with Crippen LogP contribution in [-0.4, -0.2) is 12.6 Å². The number of unbranched alkanes of at least 4 members (excludes halogenated alkanes) is 1. The molecule has 2 N–H and O–H groups in total. The van der Waals surface area contributed by atoms with Gasteiger partial charge in [0.05, 0.1) is 6.61 Å². The van der Waals surface area contributed by atoms with Crippen molar-refractivity contribution >= 4 is 0 Å². The zero-order chi connectivity index (χ0) is 11.1. The van der Waals surface area contributed by atoms with Gasteiger partial charge in [-0.05, 0) is 44.7 Å². The van der Waals surface area contributed by atoms with Crippen LogP contribution in [0.5, 0.6) is 5.75 Å². The molecular weight excluding hydrogens is 186 g/mol. The summed E-state index contributed by atoms with van der Waals surface area (Å²) in [6, 6.07) is 8.42. The van der Waals surface area contributed by atoms with Crippen molar-refractivity contribution in [1.82, 2.24) is 0 Å². The molecule has 0 radical (unpaired) electrons. The van der Waals surface area contributed by atoms with Gasteiger partial charge in [0.2, 0.25) is 0 Å². The number of rotatable bonds is 6. The Labute approximate surface area is 92.4 Å². The van der Waals surface area contributed by atoms with Crippen molar-refractivity contribution < 1.29 is 4.74 Å². The number of para-hydroxylation sites is 1. The Bertz CT molecular complexity index is 284. The van der Waals surface area contributed by atoms with Gasteiger partial charge in [-0.2, -0.15) is 0 Å². The van der Waals surface area contributed by atoms with Gasteiger partial charge in [-0.25, -0.2) is 0 Å². The van der Waals surface area contributed by atoms with E-state index < -0.39 is 0 Å². The molecule has 1 unspecified atom stereocenters. The fraction of sp³-hybridized carbons (Fsp3) is 0.538. The van der Waals surface area contributed by atoms with Gasteiger partial charge in [0, 0.05) is 6.04 Å². The standard InChI is InChI=1S/C13H21NO/c1-11-7-3-4-9-13(11)15-10-6-5-8-12(2)14/h3-4,7,9,12H,5-6,8,10,14H2,1-2H3. The number of benzene rings is 1. The Hall–Kier alpha value is -1.02. The van der Waals surface area contributed by atoms with E-state index in [1.165, 1.54) is 5.56 Å². The fourth-order valence-corrected chi connectivity index (χ4v) is 1.47. The first-order chi connectivity index (χ1) is 7.20. The molecular formula is C13H21NO. The number of nitrogens with two attached hydrogens (primary N) is 1. The molecule has 0 amide bonds. The second kappa shape index (κ2) is 6.46. The molecule has 0 saturated carbocycles. The van der Waals surface area contributed by atoms with Crippen molar-refractivity contribution in [3.8, 4) is 5.75 Å². The van der Waals surface area contributed by atoms with E-state index in [4.69, 9.17) is 10.5 Å². The quantitative estimate of drug-likeness (QED) is 0.728. The van der Waals surface area contributed by atoms with E-state index in [-0.39, 0.29) is 0 Å². The number of aryl methyl sites for hydroxylation is 1. The lowest BCUT2D eigenvalue weighted by Gasteiger charge is -2.09. The zero-order valence-corrected chi connectivity index (χ0v) is 9.70. The Balaban J connectivity index is 2.18. The summed E-state index contributed by atoms with van der Waals surface area (Å²) >= 11 is 0. The summed E-state index contributed by atoms with van der Waals surface area (Å²) in [5.41, 5.74) is 6.87. The maximum Gasteiger partial charge on any atom is 0.122 e. The summed E-state index contributed by atoms with van der Waals surface area (Å²) in [6.07, 6.45) is 3.30. The highest BCUT2D eigenvalue weighted by Crippen LogP contribution is 2.16. The predicted octanol–water partition coefficient (Wildman–Crippen LogP) is 2.89. The molecule has 84 valence electrons. The van der Waals surface area contributed by atoms with Gasteiger partial charge < -0.3 is 10.5 Å². The second-order valence-electron chi connectivity index (χ2n) is 4.09. The summed E-state index contributed by atoms with van der Waals surface area (Å²) in [7, 11) is 0. The maximum atomic E-state index is 5.68. The van der Waals surface area contributed by atoms with Crippen molar-refractivity contribution in [3.05, 3.63) is 29.8 Å². The van der Waals surface area contributed by atoms with Crippen molar-refractivity contribution in [1.29, 1.82) is 0 Å². The third-order valence-corrected chi connectivity index (χ3v) is 2.40. The minimum Gasteiger partial charge on any atom is -0.493 e. The van der Waals surface area contributed by atoms with Gasteiger partial charge in [0.25, 0.3) is 0 Å². The Morgan fingerprint density at radius 3 is 2.67 bits per heavy atom. The molecule has 0 aromatic heterocycles. The van der Waals surface area contributed by atoms with Gasteiger partial charge in [-0.1, -0.05) is 18.2 Å². The lowest BCUT2D eigenvalue weighted by atomic mass is 10.1. The largest absolute Gasteiger partial charge is 0.493 e. The average molecular weight is 207 g/mol. The Kier molecular flexibility index (Phi) is 5.19. The number of ether oxygens (including phenoxy) is 1. The monoisotopic (exact) mass is 207 g/mol. The van der Waals surface area contributed by atoms with Gasteiger partial charge in [0.15, 0.2) is 0 Å². The van der Waals surface area contributed by atoms with Crippen LogP contribution in [0.4, 0.5) is 0 Å². The van der Waals surface area contributed by atoms with Crippen molar-refractivity contribution in [2.75, 3.05) is 6.61 Å². The first kappa shape index (κ1) is 12.1. The van der Waals surface area contributed by atoms with Crippen LogP contribution < -0.4 is 10.5 Å². The van der Waals surface area contributed by atoms with Gasteiger partial charge in [0.1, 0.15) is 5.75 Å². The highest BCUT2D eigenvalue weighted by Gasteiger charge is 1.98. The normalized spacial score (nSPS) is 12.5. The zero-order valence-electron chi connectivity index (χ0n) is 9.70. The third-order valence-electron chi connectivity index (χ3n) is 2.40. The summed E-state index contributed by atoms with van der Waals surface area (Å²) in [4.78, 5) is 0. The van der Waals surface area contributed by atoms with Crippen molar-refractivity contribution in [2.45, 2.75) is 39.2 Å². The summed E-state index contributed by atoms with van der Waals surface area (Å²) < 4.78 is 5.68. The first-order valence-corrected chi connectivity index (χ1v) is 5.64. The van der Waals surface area contributed by atoms with Crippen molar-refractivity contribution in [2.24, 2.45) is 5.73 Å². The summed E-state index contributed by atoms with van der Waals surface area (Å²) in [5.74, 6) is 0.998. The number of hydrogen-bond acceptors (Lipinski definition) is 2. The molecule has 0 aliphatic carbocycles. The molecule has 1 rings (SSSR count). The van der Waals surface area contributed by atoms with E-state index >= 15 is 0 Å². The number of hydrogen-bond donors (Lipinski definition) is 1. The molecule has 0 fully saturated rings. The molecule has 15 heavy (non-hydrogen) atoms. The summed E-state index contributed by atoms with van der Waals surface area (Å²) in [5, 5.41) is 0. The average Bonchev–Trinajstić information content (AvgIpc) is 2.20. The third kappa shape index (κ3) is 4.84. The molecule has 2 heteroatoms. The van der Waals surface area contributed by atoms with Crippen LogP contribution in [0.25, 0.3) is 0 Å². The summed E-state index contributed by atoms with van der Waals surface area (Å²) in [6.45, 7) is 4.90. The van der Waals surface area contributed by atoms with Gasteiger partial charge in [-0.15, -0.1) is 0 Å². The van der Waals surface area contributed by atoms with Crippen molar-refractivity contribution in [3.63, 3.8) is 0 Å². The van der Waals surface area contributed by atoms with E-state index in [9.17, 15) is 0 Å². The molecule has 0 aliphatic rings. The minimum absolute atomic E-state index is 0.309. The maximum absolute atomic E-state index is 5.68. The highest BCUT2D eigenvalue weighted by atomic mass is 16.5. The lowest BCUT2D eigenvalue weighted by Crippen LogP contribution is -2.14. The van der Waals surface area contributed by atoms with Crippen LogP contribution in [0.1, 0.15) is 31.7 Å². The minimum atomic E-state index is 0.309. The molecule has 0 aliphatic heterocycles. The van der Waals surface area contributed by atoms with Crippen LogP contribution in [0.3, 0.4) is 0 Å².